The van der Waals surface area contributed by atoms with Crippen LogP contribution in [0.3, 0.4) is 0 Å². The van der Waals surface area contributed by atoms with E-state index in [1.165, 1.54) is 12.4 Å². The van der Waals surface area contributed by atoms with Crippen LogP contribution in [0.15, 0.2) is 24.5 Å². The first-order valence-corrected chi connectivity index (χ1v) is 6.53. The predicted octanol–water partition coefficient (Wildman–Crippen LogP) is 1.41. The summed E-state index contributed by atoms with van der Waals surface area (Å²) >= 11 is 0. The van der Waals surface area contributed by atoms with Gasteiger partial charge in [0.1, 0.15) is 23.5 Å². The average Bonchev–Trinajstić information content (AvgIpc) is 2.48. The first kappa shape index (κ1) is 12.8. The van der Waals surface area contributed by atoms with Crippen LogP contribution in [-0.2, 0) is 0 Å². The highest BCUT2D eigenvalue weighted by Crippen LogP contribution is 2.25. The second-order valence-corrected chi connectivity index (χ2v) is 4.75. The molecule has 5 nitrogen and oxygen atoms in total. The topological polar surface area (TPSA) is 56.1 Å². The second-order valence-electron chi connectivity index (χ2n) is 4.75. The summed E-state index contributed by atoms with van der Waals surface area (Å²) in [6, 6.07) is 7.09. The normalized spacial score (nSPS) is 16.3. The fraction of sp³-hybridized carbons (Fsp3) is 0.357. The summed E-state index contributed by atoms with van der Waals surface area (Å²) in [4.78, 5) is 12.5. The molecule has 1 fully saturated rings. The molecule has 0 aliphatic carbocycles. The summed E-state index contributed by atoms with van der Waals surface area (Å²) in [5.74, 6) is 0.445. The van der Waals surface area contributed by atoms with Crippen molar-refractivity contribution in [2.75, 3.05) is 37.6 Å². The summed E-state index contributed by atoms with van der Waals surface area (Å²) < 4.78 is 13.7. The highest BCUT2D eigenvalue weighted by molar-refractivity contribution is 5.89. The van der Waals surface area contributed by atoms with E-state index in [4.69, 9.17) is 5.26 Å². The molecule has 1 saturated heterocycles. The maximum absolute atomic E-state index is 13.7. The van der Waals surface area contributed by atoms with Crippen molar-refractivity contribution in [3.63, 3.8) is 0 Å². The van der Waals surface area contributed by atoms with Crippen LogP contribution in [0, 0.1) is 17.1 Å². The summed E-state index contributed by atoms with van der Waals surface area (Å²) in [5, 5.41) is 9.44. The number of halogens is 1. The van der Waals surface area contributed by atoms with Crippen LogP contribution < -0.4 is 4.90 Å². The maximum atomic E-state index is 13.7. The molecular formula is C14H14FN5. The summed E-state index contributed by atoms with van der Waals surface area (Å²) in [6.07, 6.45) is 1.41. The van der Waals surface area contributed by atoms with Gasteiger partial charge in [-0.2, -0.15) is 5.26 Å². The lowest BCUT2D eigenvalue weighted by atomic mass is 10.2. The van der Waals surface area contributed by atoms with Crippen molar-refractivity contribution < 1.29 is 4.39 Å². The standard InChI is InChI=1S/C14H14FN5/c15-12-3-1-2-11-13(12)17-10-18-14(11)20-8-6-19(5-4-16)7-9-20/h1-3,10H,5-9H2. The zero-order valence-corrected chi connectivity index (χ0v) is 11.0. The van der Waals surface area contributed by atoms with Gasteiger partial charge in [-0.25, -0.2) is 14.4 Å². The first-order valence-electron chi connectivity index (χ1n) is 6.53. The molecule has 102 valence electrons. The van der Waals surface area contributed by atoms with Gasteiger partial charge in [-0.3, -0.25) is 4.90 Å². The number of aromatic nitrogens is 2. The Morgan fingerprint density at radius 3 is 2.75 bits per heavy atom. The van der Waals surface area contributed by atoms with Gasteiger partial charge in [-0.1, -0.05) is 6.07 Å². The molecule has 0 saturated carbocycles. The van der Waals surface area contributed by atoms with Crippen molar-refractivity contribution in [3.8, 4) is 6.07 Å². The molecule has 3 rings (SSSR count). The lowest BCUT2D eigenvalue weighted by molar-refractivity contribution is 0.286. The monoisotopic (exact) mass is 271 g/mol. The van der Waals surface area contributed by atoms with Gasteiger partial charge in [0.15, 0.2) is 0 Å². The van der Waals surface area contributed by atoms with E-state index < -0.39 is 0 Å². The molecule has 20 heavy (non-hydrogen) atoms. The SMILES string of the molecule is N#CCN1CCN(c2ncnc3c(F)cccc23)CC1. The Bertz CT molecular complexity index is 658. The van der Waals surface area contributed by atoms with Crippen molar-refractivity contribution in [1.29, 1.82) is 5.26 Å². The number of hydrogen-bond acceptors (Lipinski definition) is 5. The number of hydrogen-bond donors (Lipinski definition) is 0. The molecule has 6 heteroatoms. The Labute approximate surface area is 116 Å². The highest BCUT2D eigenvalue weighted by Gasteiger charge is 2.20. The van der Waals surface area contributed by atoms with Crippen LogP contribution >= 0.6 is 0 Å². The first-order chi connectivity index (χ1) is 9.79. The Morgan fingerprint density at radius 2 is 2.00 bits per heavy atom. The Kier molecular flexibility index (Phi) is 3.44. The fourth-order valence-electron chi connectivity index (χ4n) is 2.51. The van der Waals surface area contributed by atoms with E-state index in [0.29, 0.717) is 12.1 Å². The maximum Gasteiger partial charge on any atom is 0.149 e. The smallest absolute Gasteiger partial charge is 0.149 e. The van der Waals surface area contributed by atoms with E-state index in [1.807, 2.05) is 6.07 Å². The lowest BCUT2D eigenvalue weighted by Gasteiger charge is -2.34. The minimum Gasteiger partial charge on any atom is -0.353 e. The molecule has 0 unspecified atom stereocenters. The van der Waals surface area contributed by atoms with Crippen molar-refractivity contribution in [2.45, 2.75) is 0 Å². The van der Waals surface area contributed by atoms with Gasteiger partial charge in [-0.15, -0.1) is 0 Å². The van der Waals surface area contributed by atoms with Gasteiger partial charge < -0.3 is 4.90 Å². The number of nitriles is 1. The van der Waals surface area contributed by atoms with Crippen LogP contribution in [0.4, 0.5) is 10.2 Å². The van der Waals surface area contributed by atoms with E-state index in [2.05, 4.69) is 25.8 Å². The predicted molar refractivity (Wildman–Crippen MR) is 73.8 cm³/mol. The third-order valence-corrected chi connectivity index (χ3v) is 3.56. The molecule has 1 aliphatic heterocycles. The second kappa shape index (κ2) is 5.39. The number of para-hydroxylation sites is 1. The largest absolute Gasteiger partial charge is 0.353 e. The molecule has 0 amide bonds. The van der Waals surface area contributed by atoms with Crippen LogP contribution in [0.1, 0.15) is 0 Å². The van der Waals surface area contributed by atoms with Gasteiger partial charge in [0.25, 0.3) is 0 Å². The van der Waals surface area contributed by atoms with Crippen LogP contribution in [0.5, 0.6) is 0 Å². The van der Waals surface area contributed by atoms with Gasteiger partial charge in [0, 0.05) is 31.6 Å². The molecule has 2 heterocycles. The van der Waals surface area contributed by atoms with Crippen molar-refractivity contribution in [3.05, 3.63) is 30.3 Å². The Hall–Kier alpha value is -2.26. The van der Waals surface area contributed by atoms with Gasteiger partial charge in [0.2, 0.25) is 0 Å². The minimum absolute atomic E-state index is 0.325. The van der Waals surface area contributed by atoms with Crippen LogP contribution in [-0.4, -0.2) is 47.6 Å². The zero-order valence-electron chi connectivity index (χ0n) is 11.0. The van der Waals surface area contributed by atoms with Crippen molar-refractivity contribution in [2.24, 2.45) is 0 Å². The van der Waals surface area contributed by atoms with Gasteiger partial charge in [0.05, 0.1) is 12.6 Å². The van der Waals surface area contributed by atoms with E-state index >= 15 is 0 Å². The molecule has 1 aromatic heterocycles. The van der Waals surface area contributed by atoms with Crippen molar-refractivity contribution in [1.82, 2.24) is 14.9 Å². The molecular weight excluding hydrogens is 257 g/mol. The molecule has 0 atom stereocenters. The molecule has 0 radical (unpaired) electrons. The number of benzene rings is 1. The van der Waals surface area contributed by atoms with E-state index in [0.717, 1.165) is 37.4 Å². The third-order valence-electron chi connectivity index (χ3n) is 3.56. The fourth-order valence-corrected chi connectivity index (χ4v) is 2.51. The lowest BCUT2D eigenvalue weighted by Crippen LogP contribution is -2.46. The molecule has 0 bridgehead atoms. The third kappa shape index (κ3) is 2.28. The quantitative estimate of drug-likeness (QED) is 0.773. The summed E-state index contributed by atoms with van der Waals surface area (Å²) in [5.41, 5.74) is 0.358. The number of rotatable bonds is 2. The van der Waals surface area contributed by atoms with E-state index in [9.17, 15) is 4.39 Å². The Balaban J connectivity index is 1.89. The average molecular weight is 271 g/mol. The highest BCUT2D eigenvalue weighted by atomic mass is 19.1. The number of fused-ring (bicyclic) bond motifs is 1. The molecule has 0 N–H and O–H groups in total. The van der Waals surface area contributed by atoms with Crippen LogP contribution in [0.2, 0.25) is 0 Å². The van der Waals surface area contributed by atoms with Gasteiger partial charge in [-0.05, 0) is 12.1 Å². The molecule has 1 aliphatic rings. The summed E-state index contributed by atoms with van der Waals surface area (Å²) in [6.45, 7) is 3.64. The van der Waals surface area contributed by atoms with Crippen LogP contribution in [0.25, 0.3) is 10.9 Å². The molecule has 1 aromatic carbocycles. The molecule has 0 spiro atoms. The van der Waals surface area contributed by atoms with E-state index in [1.54, 1.807) is 6.07 Å². The summed E-state index contributed by atoms with van der Waals surface area (Å²) in [7, 11) is 0. The molecule has 2 aromatic rings. The van der Waals surface area contributed by atoms with E-state index in [-0.39, 0.29) is 5.82 Å². The minimum atomic E-state index is -0.325. The number of piperazine rings is 1. The zero-order chi connectivity index (χ0) is 13.9. The number of nitrogens with zero attached hydrogens (tertiary/aromatic N) is 5. The van der Waals surface area contributed by atoms with Gasteiger partial charge >= 0.3 is 0 Å². The van der Waals surface area contributed by atoms with Crippen molar-refractivity contribution >= 4 is 16.7 Å². The number of anilines is 1. The Morgan fingerprint density at radius 1 is 1.20 bits per heavy atom.